The van der Waals surface area contributed by atoms with Gasteiger partial charge in [0.25, 0.3) is 0 Å². The fraction of sp³-hybridized carbons (Fsp3) is 0.238. The number of aliphatic carboxylic acids is 1. The van der Waals surface area contributed by atoms with E-state index < -0.39 is 12.0 Å². The molecule has 0 aliphatic rings. The van der Waals surface area contributed by atoms with Gasteiger partial charge in [-0.05, 0) is 39.6 Å². The van der Waals surface area contributed by atoms with Gasteiger partial charge in [0.05, 0.1) is 0 Å². The van der Waals surface area contributed by atoms with Crippen molar-refractivity contribution >= 4 is 45.2 Å². The van der Waals surface area contributed by atoms with Crippen molar-refractivity contribution in [2.24, 2.45) is 0 Å². The van der Waals surface area contributed by atoms with E-state index in [1.807, 2.05) is 24.3 Å². The molecule has 1 unspecified atom stereocenters. The summed E-state index contributed by atoms with van der Waals surface area (Å²) in [5, 5.41) is 16.6. The molecule has 0 fully saturated rings. The van der Waals surface area contributed by atoms with Crippen molar-refractivity contribution in [2.45, 2.75) is 25.6 Å². The summed E-state index contributed by atoms with van der Waals surface area (Å²) in [6, 6.07) is 15.8. The number of hydrogen-bond acceptors (Lipinski definition) is 3. The number of aryl methyl sites for hydroxylation is 1. The lowest BCUT2D eigenvalue weighted by Gasteiger charge is -2.16. The maximum Gasteiger partial charge on any atom is 0.327 e. The van der Waals surface area contributed by atoms with Crippen LogP contribution >= 0.6 is 11.8 Å². The largest absolute Gasteiger partial charge is 0.480 e. The van der Waals surface area contributed by atoms with Crippen LogP contribution in [0.4, 0.5) is 0 Å². The standard InChI is InChI=1S/C21H21NO3S/c1-13-15-7-3-5-9-17(15)19(18-10-6-4-8-16(13)18)11-26-12-20(21(24)25)22-14(2)23/h3-10,20H,11-12H2,1-2H3,(H,22,23)(H,24,25). The van der Waals surface area contributed by atoms with E-state index in [-0.39, 0.29) is 5.91 Å². The average molecular weight is 367 g/mol. The van der Waals surface area contributed by atoms with Crippen molar-refractivity contribution < 1.29 is 14.7 Å². The number of hydrogen-bond donors (Lipinski definition) is 2. The summed E-state index contributed by atoms with van der Waals surface area (Å²) in [5.41, 5.74) is 2.46. The number of amides is 1. The zero-order valence-electron chi connectivity index (χ0n) is 14.8. The minimum atomic E-state index is -1.01. The van der Waals surface area contributed by atoms with Crippen LogP contribution < -0.4 is 5.32 Å². The molecule has 3 aromatic rings. The summed E-state index contributed by atoms with van der Waals surface area (Å²) in [6.45, 7) is 3.47. The van der Waals surface area contributed by atoms with E-state index in [9.17, 15) is 14.7 Å². The van der Waals surface area contributed by atoms with E-state index in [2.05, 4.69) is 36.5 Å². The number of rotatable bonds is 6. The van der Waals surface area contributed by atoms with Crippen molar-refractivity contribution in [1.29, 1.82) is 0 Å². The van der Waals surface area contributed by atoms with Gasteiger partial charge in [-0.15, -0.1) is 0 Å². The average Bonchev–Trinajstić information content (AvgIpc) is 2.63. The predicted octanol–water partition coefficient (Wildman–Crippen LogP) is 4.12. The maximum absolute atomic E-state index is 11.3. The summed E-state index contributed by atoms with van der Waals surface area (Å²) < 4.78 is 0. The molecule has 0 aliphatic carbocycles. The number of fused-ring (bicyclic) bond motifs is 2. The summed E-state index contributed by atoms with van der Waals surface area (Å²) in [6.07, 6.45) is 0. The first-order valence-electron chi connectivity index (χ1n) is 8.45. The molecule has 1 amide bonds. The molecule has 1 atom stereocenters. The SMILES string of the molecule is CC(=O)NC(CSCc1c2ccccc2c(C)c2ccccc12)C(=O)O. The molecule has 2 N–H and O–H groups in total. The molecule has 26 heavy (non-hydrogen) atoms. The van der Waals surface area contributed by atoms with Gasteiger partial charge in [-0.1, -0.05) is 48.5 Å². The summed E-state index contributed by atoms with van der Waals surface area (Å²) >= 11 is 1.52. The Morgan fingerprint density at radius 2 is 1.50 bits per heavy atom. The van der Waals surface area contributed by atoms with Gasteiger partial charge in [0.2, 0.25) is 5.91 Å². The highest BCUT2D eigenvalue weighted by atomic mass is 32.2. The highest BCUT2D eigenvalue weighted by Gasteiger charge is 2.19. The first kappa shape index (κ1) is 18.3. The fourth-order valence-electron chi connectivity index (χ4n) is 3.29. The Bertz CT molecular complexity index is 927. The van der Waals surface area contributed by atoms with Crippen LogP contribution in [0.5, 0.6) is 0 Å². The minimum absolute atomic E-state index is 0.325. The molecule has 0 spiro atoms. The quantitative estimate of drug-likeness (QED) is 0.643. The lowest BCUT2D eigenvalue weighted by molar-refractivity contribution is -0.140. The Kier molecular flexibility index (Phi) is 5.47. The van der Waals surface area contributed by atoms with Crippen LogP contribution in [-0.2, 0) is 15.3 Å². The van der Waals surface area contributed by atoms with Crippen molar-refractivity contribution in [1.82, 2.24) is 5.32 Å². The monoisotopic (exact) mass is 367 g/mol. The normalized spacial score (nSPS) is 12.2. The van der Waals surface area contributed by atoms with Crippen molar-refractivity contribution in [2.75, 3.05) is 5.75 Å². The maximum atomic E-state index is 11.3. The minimum Gasteiger partial charge on any atom is -0.480 e. The second kappa shape index (κ2) is 7.79. The molecular formula is C21H21NO3S. The third-order valence-electron chi connectivity index (χ3n) is 4.52. The number of thioether (sulfide) groups is 1. The van der Waals surface area contributed by atoms with Gasteiger partial charge in [-0.2, -0.15) is 11.8 Å². The molecule has 5 heteroatoms. The van der Waals surface area contributed by atoms with Gasteiger partial charge in [0.15, 0.2) is 0 Å². The van der Waals surface area contributed by atoms with E-state index >= 15 is 0 Å². The fourth-order valence-corrected chi connectivity index (χ4v) is 4.39. The number of carboxylic acid groups (broad SMARTS) is 1. The van der Waals surface area contributed by atoms with Gasteiger partial charge >= 0.3 is 5.97 Å². The van der Waals surface area contributed by atoms with Crippen molar-refractivity contribution in [3.05, 3.63) is 59.7 Å². The smallest absolute Gasteiger partial charge is 0.327 e. The van der Waals surface area contributed by atoms with Crippen LogP contribution in [0.15, 0.2) is 48.5 Å². The van der Waals surface area contributed by atoms with Crippen molar-refractivity contribution in [3.8, 4) is 0 Å². The number of carbonyl (C=O) groups excluding carboxylic acids is 1. The second-order valence-corrected chi connectivity index (χ2v) is 7.33. The second-order valence-electron chi connectivity index (χ2n) is 6.30. The van der Waals surface area contributed by atoms with E-state index in [0.29, 0.717) is 11.5 Å². The first-order chi connectivity index (χ1) is 12.5. The molecule has 3 aromatic carbocycles. The summed E-state index contributed by atoms with van der Waals surface area (Å²) in [4.78, 5) is 22.5. The lowest BCUT2D eigenvalue weighted by atomic mass is 9.93. The van der Waals surface area contributed by atoms with E-state index in [4.69, 9.17) is 0 Å². The van der Waals surface area contributed by atoms with Gasteiger partial charge in [-0.25, -0.2) is 4.79 Å². The number of carbonyl (C=O) groups is 2. The molecular weight excluding hydrogens is 346 g/mol. The molecule has 0 radical (unpaired) electrons. The topological polar surface area (TPSA) is 66.4 Å². The van der Waals surface area contributed by atoms with Crippen LogP contribution in [0, 0.1) is 6.92 Å². The van der Waals surface area contributed by atoms with Gasteiger partial charge in [0, 0.05) is 18.4 Å². The first-order valence-corrected chi connectivity index (χ1v) is 9.61. The van der Waals surface area contributed by atoms with Crippen LogP contribution in [0.1, 0.15) is 18.1 Å². The van der Waals surface area contributed by atoms with Crippen molar-refractivity contribution in [3.63, 3.8) is 0 Å². The van der Waals surface area contributed by atoms with E-state index in [0.717, 1.165) is 0 Å². The van der Waals surface area contributed by atoms with Crippen LogP contribution in [0.3, 0.4) is 0 Å². The molecule has 0 bridgehead atoms. The van der Waals surface area contributed by atoms with E-state index in [1.54, 1.807) is 0 Å². The Morgan fingerprint density at radius 1 is 1.00 bits per heavy atom. The van der Waals surface area contributed by atoms with Crippen LogP contribution in [0.25, 0.3) is 21.5 Å². The van der Waals surface area contributed by atoms with Crippen LogP contribution in [0.2, 0.25) is 0 Å². The molecule has 0 saturated carbocycles. The molecule has 0 heterocycles. The Hall–Kier alpha value is -2.53. The van der Waals surface area contributed by atoms with Crippen LogP contribution in [-0.4, -0.2) is 28.8 Å². The molecule has 0 aliphatic heterocycles. The van der Waals surface area contributed by atoms with Gasteiger partial charge in [0.1, 0.15) is 6.04 Å². The molecule has 134 valence electrons. The Morgan fingerprint density at radius 3 is 1.96 bits per heavy atom. The molecule has 4 nitrogen and oxygen atoms in total. The number of nitrogens with one attached hydrogen (secondary N) is 1. The lowest BCUT2D eigenvalue weighted by Crippen LogP contribution is -2.41. The van der Waals surface area contributed by atoms with Gasteiger partial charge in [-0.3, -0.25) is 4.79 Å². The highest BCUT2D eigenvalue weighted by molar-refractivity contribution is 7.98. The Labute approximate surface area is 156 Å². The molecule has 0 saturated heterocycles. The number of carboxylic acids is 1. The third kappa shape index (κ3) is 3.68. The summed E-state index contributed by atoms with van der Waals surface area (Å²) in [7, 11) is 0. The molecule has 3 rings (SSSR count). The zero-order chi connectivity index (χ0) is 18.7. The molecule has 0 aromatic heterocycles. The zero-order valence-corrected chi connectivity index (χ0v) is 15.6. The van der Waals surface area contributed by atoms with Gasteiger partial charge < -0.3 is 10.4 Å². The summed E-state index contributed by atoms with van der Waals surface area (Å²) in [5.74, 6) is -0.327. The highest BCUT2D eigenvalue weighted by Crippen LogP contribution is 2.34. The third-order valence-corrected chi connectivity index (χ3v) is 5.58. The number of benzene rings is 3. The Balaban J connectivity index is 1.95. The predicted molar refractivity (Wildman–Crippen MR) is 108 cm³/mol. The van der Waals surface area contributed by atoms with E-state index in [1.165, 1.54) is 51.4 Å².